The fraction of sp³-hybridized carbons (Fsp3) is 0.222. The van der Waals surface area contributed by atoms with E-state index in [1.807, 2.05) is 6.07 Å². The molecule has 1 atom stereocenters. The third kappa shape index (κ3) is 6.07. The number of amides is 2. The normalized spacial score (nSPS) is 11.5. The Labute approximate surface area is 159 Å². The molecule has 0 spiro atoms. The number of halogens is 2. The molecule has 0 aliphatic heterocycles. The number of benzene rings is 2. The summed E-state index contributed by atoms with van der Waals surface area (Å²) in [5, 5.41) is 6.07. The van der Waals surface area contributed by atoms with Gasteiger partial charge < -0.3 is 15.4 Å². The van der Waals surface area contributed by atoms with Gasteiger partial charge in [-0.1, -0.05) is 23.7 Å². The van der Waals surface area contributed by atoms with E-state index in [0.717, 1.165) is 4.47 Å². The molecule has 2 aromatic rings. The van der Waals surface area contributed by atoms with Crippen molar-refractivity contribution >= 4 is 39.3 Å². The van der Waals surface area contributed by atoms with Gasteiger partial charge in [-0.15, -0.1) is 0 Å². The summed E-state index contributed by atoms with van der Waals surface area (Å²) in [6, 6.07) is 13.9. The minimum atomic E-state index is -0.653. The quantitative estimate of drug-likeness (QED) is 0.668. The molecule has 0 saturated carbocycles. The summed E-state index contributed by atoms with van der Waals surface area (Å²) in [5.74, 6) is 0.103. The third-order valence-corrected chi connectivity index (χ3v) is 4.27. The molecule has 2 amide bonds. The fourth-order valence-corrected chi connectivity index (χ4v) is 2.61. The Balaban J connectivity index is 1.72. The van der Waals surface area contributed by atoms with Crippen LogP contribution in [0.25, 0.3) is 0 Å². The largest absolute Gasteiger partial charge is 0.481 e. The van der Waals surface area contributed by atoms with E-state index in [1.165, 1.54) is 0 Å². The van der Waals surface area contributed by atoms with Gasteiger partial charge in [0, 0.05) is 22.6 Å². The fourth-order valence-electron chi connectivity index (χ4n) is 2.02. The molecule has 0 aliphatic carbocycles. The SMILES string of the molecule is CC(Oc1ccc(Cl)cc1)C(=O)NCCNC(=O)c1ccccc1Br. The zero-order valence-corrected chi connectivity index (χ0v) is 15.9. The molecule has 0 heterocycles. The lowest BCUT2D eigenvalue weighted by molar-refractivity contribution is -0.127. The van der Waals surface area contributed by atoms with Crippen molar-refractivity contribution in [3.05, 3.63) is 63.6 Å². The summed E-state index contributed by atoms with van der Waals surface area (Å²) in [7, 11) is 0. The lowest BCUT2D eigenvalue weighted by atomic mass is 10.2. The highest BCUT2D eigenvalue weighted by molar-refractivity contribution is 9.10. The average molecular weight is 426 g/mol. The van der Waals surface area contributed by atoms with Crippen molar-refractivity contribution in [1.82, 2.24) is 10.6 Å². The molecule has 0 aliphatic rings. The van der Waals surface area contributed by atoms with E-state index >= 15 is 0 Å². The van der Waals surface area contributed by atoms with Crippen molar-refractivity contribution in [2.45, 2.75) is 13.0 Å². The van der Waals surface area contributed by atoms with Crippen LogP contribution in [0.15, 0.2) is 53.0 Å². The summed E-state index contributed by atoms with van der Waals surface area (Å²) >= 11 is 9.13. The molecule has 0 bridgehead atoms. The molecular formula is C18H18BrClN2O3. The predicted octanol–water partition coefficient (Wildman–Crippen LogP) is 3.42. The van der Waals surface area contributed by atoms with Crippen molar-refractivity contribution in [2.75, 3.05) is 13.1 Å². The molecule has 7 heteroatoms. The highest BCUT2D eigenvalue weighted by atomic mass is 79.9. The Bertz CT molecular complexity index is 737. The monoisotopic (exact) mass is 424 g/mol. The van der Waals surface area contributed by atoms with E-state index < -0.39 is 6.10 Å². The first-order valence-corrected chi connectivity index (χ1v) is 8.87. The van der Waals surface area contributed by atoms with Gasteiger partial charge in [-0.25, -0.2) is 0 Å². The zero-order chi connectivity index (χ0) is 18.2. The van der Waals surface area contributed by atoms with Crippen LogP contribution >= 0.6 is 27.5 Å². The molecule has 2 N–H and O–H groups in total. The minimum Gasteiger partial charge on any atom is -0.481 e. The molecule has 132 valence electrons. The van der Waals surface area contributed by atoms with Crippen LogP contribution in [0.2, 0.25) is 5.02 Å². The second-order valence-corrected chi connectivity index (χ2v) is 6.53. The van der Waals surface area contributed by atoms with Crippen LogP contribution in [0.4, 0.5) is 0 Å². The molecular weight excluding hydrogens is 408 g/mol. The van der Waals surface area contributed by atoms with Crippen LogP contribution in [-0.2, 0) is 4.79 Å². The zero-order valence-electron chi connectivity index (χ0n) is 13.6. The number of ether oxygens (including phenoxy) is 1. The van der Waals surface area contributed by atoms with Crippen LogP contribution in [0, 0.1) is 0 Å². The van der Waals surface area contributed by atoms with Crippen LogP contribution in [-0.4, -0.2) is 31.0 Å². The van der Waals surface area contributed by atoms with Crippen molar-refractivity contribution < 1.29 is 14.3 Å². The Morgan fingerprint density at radius 1 is 1.08 bits per heavy atom. The number of carbonyl (C=O) groups excluding carboxylic acids is 2. The second-order valence-electron chi connectivity index (χ2n) is 5.24. The molecule has 0 aromatic heterocycles. The van der Waals surface area contributed by atoms with Crippen molar-refractivity contribution in [3.63, 3.8) is 0 Å². The molecule has 1 unspecified atom stereocenters. The number of rotatable bonds is 7. The molecule has 0 saturated heterocycles. The number of nitrogens with one attached hydrogen (secondary N) is 2. The van der Waals surface area contributed by atoms with Gasteiger partial charge in [-0.3, -0.25) is 9.59 Å². The van der Waals surface area contributed by atoms with Gasteiger partial charge in [0.2, 0.25) is 0 Å². The van der Waals surface area contributed by atoms with Gasteiger partial charge in [0.15, 0.2) is 6.10 Å². The minimum absolute atomic E-state index is 0.202. The molecule has 25 heavy (non-hydrogen) atoms. The maximum absolute atomic E-state index is 12.0. The summed E-state index contributed by atoms with van der Waals surface area (Å²) in [4.78, 5) is 24.0. The Morgan fingerprint density at radius 2 is 1.72 bits per heavy atom. The summed E-state index contributed by atoms with van der Waals surface area (Å²) in [6.07, 6.45) is -0.653. The topological polar surface area (TPSA) is 67.4 Å². The summed E-state index contributed by atoms with van der Waals surface area (Å²) < 4.78 is 6.25. The van der Waals surface area contributed by atoms with Crippen molar-refractivity contribution in [2.24, 2.45) is 0 Å². The Kier molecular flexibility index (Phi) is 7.28. The molecule has 0 fully saturated rings. The standard InChI is InChI=1S/C18H18BrClN2O3/c1-12(25-14-8-6-13(20)7-9-14)17(23)21-10-11-22-18(24)15-4-2-3-5-16(15)19/h2-9,12H,10-11H2,1H3,(H,21,23)(H,22,24). The molecule has 2 aromatic carbocycles. The smallest absolute Gasteiger partial charge is 0.260 e. The van der Waals surface area contributed by atoms with Gasteiger partial charge in [-0.05, 0) is 59.3 Å². The number of hydrogen-bond acceptors (Lipinski definition) is 3. The van der Waals surface area contributed by atoms with Gasteiger partial charge in [0.25, 0.3) is 11.8 Å². The van der Waals surface area contributed by atoms with Crippen LogP contribution < -0.4 is 15.4 Å². The first kappa shape index (κ1) is 19.3. The van der Waals surface area contributed by atoms with E-state index in [-0.39, 0.29) is 11.8 Å². The number of hydrogen-bond donors (Lipinski definition) is 2. The van der Waals surface area contributed by atoms with Crippen LogP contribution in [0.3, 0.4) is 0 Å². The molecule has 0 radical (unpaired) electrons. The molecule has 2 rings (SSSR count). The summed E-state index contributed by atoms with van der Waals surface area (Å²) in [6.45, 7) is 2.28. The van der Waals surface area contributed by atoms with Crippen LogP contribution in [0.5, 0.6) is 5.75 Å². The summed E-state index contributed by atoms with van der Waals surface area (Å²) in [5.41, 5.74) is 0.549. The maximum Gasteiger partial charge on any atom is 0.260 e. The van der Waals surface area contributed by atoms with E-state index in [2.05, 4.69) is 26.6 Å². The third-order valence-electron chi connectivity index (χ3n) is 3.32. The van der Waals surface area contributed by atoms with E-state index in [4.69, 9.17) is 16.3 Å². The number of carbonyl (C=O) groups is 2. The van der Waals surface area contributed by atoms with Crippen molar-refractivity contribution in [1.29, 1.82) is 0 Å². The first-order valence-electron chi connectivity index (χ1n) is 7.70. The van der Waals surface area contributed by atoms with Gasteiger partial charge in [0.1, 0.15) is 5.75 Å². The van der Waals surface area contributed by atoms with Crippen molar-refractivity contribution in [3.8, 4) is 5.75 Å². The lowest BCUT2D eigenvalue weighted by Gasteiger charge is -2.15. The van der Waals surface area contributed by atoms with E-state index in [1.54, 1.807) is 49.4 Å². The lowest BCUT2D eigenvalue weighted by Crippen LogP contribution is -2.40. The van der Waals surface area contributed by atoms with Gasteiger partial charge in [-0.2, -0.15) is 0 Å². The Morgan fingerprint density at radius 3 is 2.40 bits per heavy atom. The van der Waals surface area contributed by atoms with Gasteiger partial charge in [0.05, 0.1) is 5.56 Å². The second kappa shape index (κ2) is 9.44. The average Bonchev–Trinajstić information content (AvgIpc) is 2.60. The highest BCUT2D eigenvalue weighted by Gasteiger charge is 2.14. The first-order chi connectivity index (χ1) is 12.0. The van der Waals surface area contributed by atoms with Gasteiger partial charge >= 0.3 is 0 Å². The van der Waals surface area contributed by atoms with E-state index in [0.29, 0.717) is 29.4 Å². The Hall–Kier alpha value is -2.05. The molecule has 5 nitrogen and oxygen atoms in total. The highest BCUT2D eigenvalue weighted by Crippen LogP contribution is 2.17. The van der Waals surface area contributed by atoms with Crippen LogP contribution in [0.1, 0.15) is 17.3 Å². The van der Waals surface area contributed by atoms with E-state index in [9.17, 15) is 9.59 Å². The predicted molar refractivity (Wildman–Crippen MR) is 101 cm³/mol. The maximum atomic E-state index is 12.0.